The SMILES string of the molecule is Cc1csc2nc(COC(=O)c3ccc(OCC(F)(F)F)nc3)cc(=O)n12. The second kappa shape index (κ2) is 7.35. The first-order chi connectivity index (χ1) is 12.7. The van der Waals surface area contributed by atoms with Crippen LogP contribution in [0.5, 0.6) is 5.88 Å². The predicted molar refractivity (Wildman–Crippen MR) is 89.0 cm³/mol. The van der Waals surface area contributed by atoms with Gasteiger partial charge >= 0.3 is 12.1 Å². The van der Waals surface area contributed by atoms with E-state index in [2.05, 4.69) is 14.7 Å². The summed E-state index contributed by atoms with van der Waals surface area (Å²) in [6, 6.07) is 3.63. The second-order valence-electron chi connectivity index (χ2n) is 5.45. The number of halogens is 3. The van der Waals surface area contributed by atoms with Crippen molar-refractivity contribution in [3.05, 3.63) is 57.1 Å². The third-order valence-corrected chi connectivity index (χ3v) is 4.28. The van der Waals surface area contributed by atoms with Gasteiger partial charge in [0.2, 0.25) is 5.88 Å². The Morgan fingerprint density at radius 2 is 2.11 bits per heavy atom. The van der Waals surface area contributed by atoms with Crippen molar-refractivity contribution >= 4 is 22.3 Å². The molecule has 0 aromatic carbocycles. The minimum absolute atomic E-state index is 0.0270. The molecule has 142 valence electrons. The molecule has 27 heavy (non-hydrogen) atoms. The summed E-state index contributed by atoms with van der Waals surface area (Å²) < 4.78 is 47.2. The lowest BCUT2D eigenvalue weighted by molar-refractivity contribution is -0.154. The highest BCUT2D eigenvalue weighted by molar-refractivity contribution is 7.15. The molecule has 0 amide bonds. The number of hydrogen-bond donors (Lipinski definition) is 0. The number of nitrogens with zero attached hydrogens (tertiary/aromatic N) is 3. The lowest BCUT2D eigenvalue weighted by atomic mass is 10.3. The maximum atomic E-state index is 12.1. The maximum Gasteiger partial charge on any atom is 0.422 e. The zero-order valence-electron chi connectivity index (χ0n) is 13.8. The topological polar surface area (TPSA) is 82.8 Å². The number of fused-ring (bicyclic) bond motifs is 1. The van der Waals surface area contributed by atoms with Crippen LogP contribution in [-0.2, 0) is 11.3 Å². The van der Waals surface area contributed by atoms with Crippen LogP contribution in [0.3, 0.4) is 0 Å². The molecule has 0 fully saturated rings. The van der Waals surface area contributed by atoms with Crippen molar-refractivity contribution in [3.63, 3.8) is 0 Å². The number of aromatic nitrogens is 3. The fraction of sp³-hybridized carbons (Fsp3) is 0.250. The highest BCUT2D eigenvalue weighted by Crippen LogP contribution is 2.17. The van der Waals surface area contributed by atoms with Crippen LogP contribution < -0.4 is 10.3 Å². The summed E-state index contributed by atoms with van der Waals surface area (Å²) >= 11 is 1.29. The van der Waals surface area contributed by atoms with Crippen LogP contribution in [0.1, 0.15) is 21.7 Å². The molecule has 0 aliphatic heterocycles. The van der Waals surface area contributed by atoms with Gasteiger partial charge < -0.3 is 9.47 Å². The Morgan fingerprint density at radius 3 is 2.78 bits per heavy atom. The smallest absolute Gasteiger partial charge is 0.422 e. The highest BCUT2D eigenvalue weighted by atomic mass is 32.1. The Kier molecular flexibility index (Phi) is 5.13. The second-order valence-corrected chi connectivity index (χ2v) is 6.28. The third-order valence-electron chi connectivity index (χ3n) is 3.34. The van der Waals surface area contributed by atoms with Crippen LogP contribution in [0.4, 0.5) is 13.2 Å². The van der Waals surface area contributed by atoms with Crippen molar-refractivity contribution in [3.8, 4) is 5.88 Å². The van der Waals surface area contributed by atoms with Gasteiger partial charge in [-0.3, -0.25) is 9.20 Å². The van der Waals surface area contributed by atoms with Gasteiger partial charge in [-0.15, -0.1) is 11.3 Å². The molecule has 0 unspecified atom stereocenters. The molecule has 0 saturated heterocycles. The van der Waals surface area contributed by atoms with Gasteiger partial charge in [-0.25, -0.2) is 14.8 Å². The highest BCUT2D eigenvalue weighted by Gasteiger charge is 2.28. The van der Waals surface area contributed by atoms with E-state index in [1.165, 1.54) is 27.9 Å². The Labute approximate surface area is 154 Å². The minimum Gasteiger partial charge on any atom is -0.468 e. The van der Waals surface area contributed by atoms with Gasteiger partial charge in [0.15, 0.2) is 11.6 Å². The van der Waals surface area contributed by atoms with Crippen molar-refractivity contribution in [2.24, 2.45) is 0 Å². The first-order valence-electron chi connectivity index (χ1n) is 7.52. The first-order valence-corrected chi connectivity index (χ1v) is 8.40. The van der Waals surface area contributed by atoms with Gasteiger partial charge in [0.05, 0.1) is 11.3 Å². The number of rotatable bonds is 5. The lowest BCUT2D eigenvalue weighted by Crippen LogP contribution is -2.19. The number of pyridine rings is 1. The average molecular weight is 399 g/mol. The fourth-order valence-electron chi connectivity index (χ4n) is 2.14. The number of carbonyl (C=O) groups excluding carboxylic acids is 1. The largest absolute Gasteiger partial charge is 0.468 e. The normalized spacial score (nSPS) is 11.6. The van der Waals surface area contributed by atoms with E-state index >= 15 is 0 Å². The van der Waals surface area contributed by atoms with Crippen LogP contribution in [0, 0.1) is 6.92 Å². The number of alkyl halides is 3. The summed E-state index contributed by atoms with van der Waals surface area (Å²) in [5.74, 6) is -1.02. The monoisotopic (exact) mass is 399 g/mol. The van der Waals surface area contributed by atoms with Gasteiger partial charge in [0.25, 0.3) is 5.56 Å². The van der Waals surface area contributed by atoms with E-state index in [9.17, 15) is 22.8 Å². The van der Waals surface area contributed by atoms with Gasteiger partial charge in [-0.05, 0) is 13.0 Å². The van der Waals surface area contributed by atoms with Crippen LogP contribution in [0.2, 0.25) is 0 Å². The van der Waals surface area contributed by atoms with E-state index in [1.54, 1.807) is 12.3 Å². The Bertz CT molecular complexity index is 1030. The van der Waals surface area contributed by atoms with Gasteiger partial charge in [0.1, 0.15) is 6.61 Å². The summed E-state index contributed by atoms with van der Waals surface area (Å²) in [7, 11) is 0. The van der Waals surface area contributed by atoms with Crippen molar-refractivity contribution in [2.45, 2.75) is 19.7 Å². The summed E-state index contributed by atoms with van der Waals surface area (Å²) in [6.45, 7) is 0.0743. The van der Waals surface area contributed by atoms with Crippen LogP contribution in [0.25, 0.3) is 4.96 Å². The molecule has 0 bridgehead atoms. The number of ether oxygens (including phenoxy) is 2. The molecule has 11 heteroatoms. The minimum atomic E-state index is -4.48. The lowest BCUT2D eigenvalue weighted by Gasteiger charge is -2.08. The zero-order chi connectivity index (χ0) is 19.6. The average Bonchev–Trinajstić information content (AvgIpc) is 2.99. The van der Waals surface area contributed by atoms with Crippen LogP contribution in [-0.4, -0.2) is 33.1 Å². The number of esters is 1. The standard InChI is InChI=1S/C16H12F3N3O4S/c1-9-7-27-15-21-11(4-13(23)22(9)15)6-25-14(24)10-2-3-12(20-5-10)26-8-16(17,18)19/h2-5,7H,6,8H2,1H3. The molecule has 0 aliphatic rings. The Morgan fingerprint density at radius 1 is 1.33 bits per heavy atom. The van der Waals surface area contributed by atoms with Gasteiger partial charge in [-0.2, -0.15) is 13.2 Å². The van der Waals surface area contributed by atoms with E-state index in [1.807, 2.05) is 0 Å². The molecular formula is C16H12F3N3O4S. The van der Waals surface area contributed by atoms with E-state index < -0.39 is 18.8 Å². The number of aryl methyl sites for hydroxylation is 1. The van der Waals surface area contributed by atoms with Crippen molar-refractivity contribution in [1.82, 2.24) is 14.4 Å². The molecule has 0 aliphatic carbocycles. The summed E-state index contributed by atoms with van der Waals surface area (Å²) in [5, 5.41) is 1.79. The number of thiazole rings is 1. The molecule has 0 saturated carbocycles. The molecule has 3 heterocycles. The maximum absolute atomic E-state index is 12.1. The number of carbonyl (C=O) groups is 1. The van der Waals surface area contributed by atoms with Gasteiger partial charge in [0, 0.05) is 29.4 Å². The summed E-state index contributed by atoms with van der Waals surface area (Å²) in [4.78, 5) is 32.4. The van der Waals surface area contributed by atoms with E-state index in [-0.39, 0.29) is 29.3 Å². The molecule has 3 aromatic rings. The zero-order valence-corrected chi connectivity index (χ0v) is 14.6. The van der Waals surface area contributed by atoms with Crippen molar-refractivity contribution < 1.29 is 27.4 Å². The molecular weight excluding hydrogens is 387 g/mol. The Balaban J connectivity index is 1.63. The van der Waals surface area contributed by atoms with Crippen molar-refractivity contribution in [2.75, 3.05) is 6.61 Å². The predicted octanol–water partition coefficient (Wildman–Crippen LogP) is 2.76. The molecule has 0 radical (unpaired) electrons. The van der Waals surface area contributed by atoms with Gasteiger partial charge in [-0.1, -0.05) is 0 Å². The molecule has 0 atom stereocenters. The molecule has 3 aromatic heterocycles. The van der Waals surface area contributed by atoms with Crippen LogP contribution >= 0.6 is 11.3 Å². The van der Waals surface area contributed by atoms with Crippen LogP contribution in [0.15, 0.2) is 34.6 Å². The quantitative estimate of drug-likeness (QED) is 0.614. The fourth-order valence-corrected chi connectivity index (χ4v) is 3.03. The number of hydrogen-bond acceptors (Lipinski definition) is 7. The Hall–Kier alpha value is -2.95. The first kappa shape index (κ1) is 18.8. The molecule has 0 spiro atoms. The summed E-state index contributed by atoms with van der Waals surface area (Å²) in [5.41, 5.74) is 0.792. The molecule has 0 N–H and O–H groups in total. The third kappa shape index (κ3) is 4.61. The molecule has 7 nitrogen and oxygen atoms in total. The molecule has 3 rings (SSSR count). The van der Waals surface area contributed by atoms with Crippen molar-refractivity contribution in [1.29, 1.82) is 0 Å². The van der Waals surface area contributed by atoms with E-state index in [0.29, 0.717) is 4.96 Å². The van der Waals surface area contributed by atoms with E-state index in [0.717, 1.165) is 18.0 Å². The summed E-state index contributed by atoms with van der Waals surface area (Å²) in [6.07, 6.45) is -3.44. The van der Waals surface area contributed by atoms with E-state index in [4.69, 9.17) is 4.74 Å².